The van der Waals surface area contributed by atoms with Gasteiger partial charge in [0.05, 0.1) is 5.75 Å². The van der Waals surface area contributed by atoms with E-state index in [4.69, 9.17) is 0 Å². The van der Waals surface area contributed by atoms with Crippen LogP contribution in [0.15, 0.2) is 48.5 Å². The van der Waals surface area contributed by atoms with Gasteiger partial charge in [-0.3, -0.25) is 9.59 Å². The lowest BCUT2D eigenvalue weighted by molar-refractivity contribution is -0.139. The largest absolute Gasteiger partial charge is 0.352 e. The maximum absolute atomic E-state index is 14.2. The van der Waals surface area contributed by atoms with Gasteiger partial charge >= 0.3 is 0 Å². The second kappa shape index (κ2) is 11.7. The summed E-state index contributed by atoms with van der Waals surface area (Å²) >= 11 is 1.37. The first-order valence-electron chi connectivity index (χ1n) is 9.97. The lowest BCUT2D eigenvalue weighted by atomic mass is 10.1. The summed E-state index contributed by atoms with van der Waals surface area (Å²) in [5.74, 6) is -0.574. The Labute approximate surface area is 181 Å². The minimum atomic E-state index is -0.738. The lowest BCUT2D eigenvalue weighted by Gasteiger charge is -2.29. The van der Waals surface area contributed by atoms with Crippen LogP contribution in [0.3, 0.4) is 0 Å². The summed E-state index contributed by atoms with van der Waals surface area (Å²) in [6.07, 6.45) is 0.771. The van der Waals surface area contributed by atoms with Crippen molar-refractivity contribution in [3.8, 4) is 0 Å². The zero-order valence-corrected chi connectivity index (χ0v) is 18.3. The molecule has 0 saturated carbocycles. The molecule has 4 nitrogen and oxygen atoms in total. The number of thioether (sulfide) groups is 1. The monoisotopic (exact) mass is 434 g/mol. The summed E-state index contributed by atoms with van der Waals surface area (Å²) in [5.41, 5.74) is 1.26. The molecular weight excluding hydrogens is 406 g/mol. The van der Waals surface area contributed by atoms with Gasteiger partial charge in [0.15, 0.2) is 0 Å². The number of carbonyl (C=O) groups is 2. The third-order valence-electron chi connectivity index (χ3n) is 4.87. The van der Waals surface area contributed by atoms with E-state index in [9.17, 15) is 18.4 Å². The zero-order chi connectivity index (χ0) is 22.1. The molecule has 0 aromatic heterocycles. The molecular formula is C23H28F2N2O2S. The summed E-state index contributed by atoms with van der Waals surface area (Å²) in [4.78, 5) is 27.0. The van der Waals surface area contributed by atoms with Crippen molar-refractivity contribution in [1.82, 2.24) is 10.2 Å². The van der Waals surface area contributed by atoms with E-state index in [1.54, 1.807) is 37.3 Å². The minimum Gasteiger partial charge on any atom is -0.352 e. The van der Waals surface area contributed by atoms with E-state index in [-0.39, 0.29) is 36.0 Å². The number of hydrogen-bond acceptors (Lipinski definition) is 3. The third-order valence-corrected chi connectivity index (χ3v) is 5.86. The summed E-state index contributed by atoms with van der Waals surface area (Å²) in [6, 6.07) is 11.6. The third kappa shape index (κ3) is 7.13. The fourth-order valence-corrected chi connectivity index (χ4v) is 3.65. The Bertz CT molecular complexity index is 845. The molecule has 2 amide bonds. The highest BCUT2D eigenvalue weighted by atomic mass is 32.2. The molecule has 30 heavy (non-hydrogen) atoms. The second-order valence-electron chi connectivity index (χ2n) is 7.23. The highest BCUT2D eigenvalue weighted by molar-refractivity contribution is 7.99. The normalized spacial score (nSPS) is 12.8. The van der Waals surface area contributed by atoms with Crippen LogP contribution in [-0.4, -0.2) is 34.6 Å². The number of amides is 2. The van der Waals surface area contributed by atoms with Crippen LogP contribution >= 0.6 is 11.8 Å². The van der Waals surface area contributed by atoms with Gasteiger partial charge in [0.25, 0.3) is 0 Å². The summed E-state index contributed by atoms with van der Waals surface area (Å²) in [7, 11) is 0. The molecule has 7 heteroatoms. The molecule has 0 aliphatic heterocycles. The molecule has 0 bridgehead atoms. The molecule has 2 rings (SSSR count). The number of benzene rings is 2. The van der Waals surface area contributed by atoms with E-state index in [0.717, 1.165) is 12.0 Å². The Kier molecular flexibility index (Phi) is 9.30. The standard InChI is InChI=1S/C23H28F2N2O2S/c1-4-16(2)26-23(29)17(3)27(13-19-7-5-6-8-21(19)25)22(28)15-30-14-18-9-11-20(24)12-10-18/h5-12,16-17H,4,13-15H2,1-3H3,(H,26,29)/t16-,17-/m0/s1. The molecule has 2 aromatic rings. The predicted molar refractivity (Wildman–Crippen MR) is 117 cm³/mol. The van der Waals surface area contributed by atoms with Crippen LogP contribution in [0, 0.1) is 11.6 Å². The number of hydrogen-bond donors (Lipinski definition) is 1. The molecule has 2 aromatic carbocycles. The average molecular weight is 435 g/mol. The highest BCUT2D eigenvalue weighted by Crippen LogP contribution is 2.17. The molecule has 0 heterocycles. The van der Waals surface area contributed by atoms with E-state index in [1.807, 2.05) is 13.8 Å². The smallest absolute Gasteiger partial charge is 0.242 e. The molecule has 1 N–H and O–H groups in total. The Morgan fingerprint density at radius 3 is 2.37 bits per heavy atom. The van der Waals surface area contributed by atoms with Crippen molar-refractivity contribution in [2.45, 2.75) is 51.6 Å². The van der Waals surface area contributed by atoms with Crippen LogP contribution < -0.4 is 5.32 Å². The molecule has 0 radical (unpaired) electrons. The van der Waals surface area contributed by atoms with Gasteiger partial charge in [-0.15, -0.1) is 11.8 Å². The summed E-state index contributed by atoms with van der Waals surface area (Å²) in [6.45, 7) is 5.52. The minimum absolute atomic E-state index is 0.0116. The Balaban J connectivity index is 2.08. The first kappa shape index (κ1) is 23.9. The molecule has 0 spiro atoms. The van der Waals surface area contributed by atoms with Crippen molar-refractivity contribution < 1.29 is 18.4 Å². The number of rotatable bonds is 10. The molecule has 0 aliphatic rings. The SMILES string of the molecule is CC[C@H](C)NC(=O)[C@H](C)N(Cc1ccccc1F)C(=O)CSCc1ccc(F)cc1. The quantitative estimate of drug-likeness (QED) is 0.598. The van der Waals surface area contributed by atoms with Gasteiger partial charge in [0.2, 0.25) is 11.8 Å². The van der Waals surface area contributed by atoms with E-state index in [2.05, 4.69) is 5.32 Å². The average Bonchev–Trinajstić information content (AvgIpc) is 2.73. The number of carbonyl (C=O) groups excluding carboxylic acids is 2. The summed E-state index contributed by atoms with van der Waals surface area (Å²) in [5, 5.41) is 2.88. The first-order valence-corrected chi connectivity index (χ1v) is 11.1. The van der Waals surface area contributed by atoms with E-state index >= 15 is 0 Å². The van der Waals surface area contributed by atoms with Gasteiger partial charge in [0.1, 0.15) is 17.7 Å². The molecule has 162 valence electrons. The van der Waals surface area contributed by atoms with Gasteiger partial charge in [-0.25, -0.2) is 8.78 Å². The van der Waals surface area contributed by atoms with Crippen LogP contribution in [0.1, 0.15) is 38.3 Å². The maximum Gasteiger partial charge on any atom is 0.242 e. The van der Waals surface area contributed by atoms with Gasteiger partial charge in [-0.05, 0) is 44.0 Å². The Morgan fingerprint density at radius 2 is 1.73 bits per heavy atom. The van der Waals surface area contributed by atoms with Crippen LogP contribution in [0.2, 0.25) is 0 Å². The Morgan fingerprint density at radius 1 is 1.07 bits per heavy atom. The van der Waals surface area contributed by atoms with Crippen molar-refractivity contribution in [2.75, 3.05) is 5.75 Å². The topological polar surface area (TPSA) is 49.4 Å². The van der Waals surface area contributed by atoms with E-state index in [1.165, 1.54) is 34.9 Å². The molecule has 0 saturated heterocycles. The van der Waals surface area contributed by atoms with E-state index < -0.39 is 11.9 Å². The van der Waals surface area contributed by atoms with Crippen molar-refractivity contribution in [3.05, 3.63) is 71.3 Å². The fourth-order valence-electron chi connectivity index (χ4n) is 2.78. The molecule has 0 aliphatic carbocycles. The van der Waals surface area contributed by atoms with Gasteiger partial charge in [-0.2, -0.15) is 0 Å². The van der Waals surface area contributed by atoms with Crippen molar-refractivity contribution in [1.29, 1.82) is 0 Å². The van der Waals surface area contributed by atoms with E-state index in [0.29, 0.717) is 11.3 Å². The molecule has 0 fully saturated rings. The lowest BCUT2D eigenvalue weighted by Crippen LogP contribution is -2.50. The van der Waals surface area contributed by atoms with Crippen molar-refractivity contribution in [3.63, 3.8) is 0 Å². The maximum atomic E-state index is 14.2. The van der Waals surface area contributed by atoms with Gasteiger partial charge < -0.3 is 10.2 Å². The molecule has 2 atom stereocenters. The van der Waals surface area contributed by atoms with Crippen molar-refractivity contribution >= 4 is 23.6 Å². The van der Waals surface area contributed by atoms with Crippen LogP contribution in [0.5, 0.6) is 0 Å². The fraction of sp³-hybridized carbons (Fsp3) is 0.391. The highest BCUT2D eigenvalue weighted by Gasteiger charge is 2.27. The molecule has 0 unspecified atom stereocenters. The zero-order valence-electron chi connectivity index (χ0n) is 17.5. The van der Waals surface area contributed by atoms with Gasteiger partial charge in [0, 0.05) is 23.9 Å². The van der Waals surface area contributed by atoms with Crippen LogP contribution in [-0.2, 0) is 21.9 Å². The van der Waals surface area contributed by atoms with Crippen molar-refractivity contribution in [2.24, 2.45) is 0 Å². The Hall–Kier alpha value is -2.41. The van der Waals surface area contributed by atoms with Crippen LogP contribution in [0.4, 0.5) is 8.78 Å². The number of nitrogens with zero attached hydrogens (tertiary/aromatic N) is 1. The van der Waals surface area contributed by atoms with Gasteiger partial charge in [-0.1, -0.05) is 37.3 Å². The van der Waals surface area contributed by atoms with Crippen LogP contribution in [0.25, 0.3) is 0 Å². The number of halogens is 2. The predicted octanol–water partition coefficient (Wildman–Crippen LogP) is 4.53. The number of nitrogens with one attached hydrogen (secondary N) is 1. The second-order valence-corrected chi connectivity index (χ2v) is 8.21. The summed E-state index contributed by atoms with van der Waals surface area (Å²) < 4.78 is 27.2. The first-order chi connectivity index (χ1) is 14.3.